The van der Waals surface area contributed by atoms with Gasteiger partial charge in [-0.2, -0.15) is 0 Å². The van der Waals surface area contributed by atoms with Gasteiger partial charge in [-0.05, 0) is 87.4 Å². The van der Waals surface area contributed by atoms with Crippen LogP contribution in [0.5, 0.6) is 0 Å². The fourth-order valence-corrected chi connectivity index (χ4v) is 10.5. The fraction of sp³-hybridized carbons (Fsp3) is 0.864. The highest BCUT2D eigenvalue weighted by Crippen LogP contribution is 2.65. The third kappa shape index (κ3) is 10.4. The summed E-state index contributed by atoms with van der Waals surface area (Å²) in [6, 6.07) is 0. The Morgan fingerprint density at radius 3 is 1.80 bits per heavy atom. The number of hydrogen-bond donors (Lipinski definition) is 0. The number of allylic oxidation sites excluding steroid dienone is 2. The van der Waals surface area contributed by atoms with Crippen LogP contribution in [-0.4, -0.2) is 12.2 Å². The number of unbranched alkanes of at least 4 members (excludes halogenated alkanes) is 19. The van der Waals surface area contributed by atoms with Crippen LogP contribution in [0.1, 0.15) is 194 Å². The Morgan fingerprint density at radius 1 is 0.622 bits per heavy atom. The van der Waals surface area contributed by atoms with Crippen molar-refractivity contribution in [1.82, 2.24) is 0 Å². The van der Waals surface area contributed by atoms with Gasteiger partial charge in [0.1, 0.15) is 12.2 Å². The van der Waals surface area contributed by atoms with Crippen LogP contribution in [0, 0.1) is 59.2 Å². The molecule has 0 saturated heterocycles. The topological polar surface area (TPSA) is 9.23 Å². The molecule has 254 valence electrons. The van der Waals surface area contributed by atoms with Crippen molar-refractivity contribution >= 4 is 0 Å². The van der Waals surface area contributed by atoms with Crippen molar-refractivity contribution in [3.63, 3.8) is 0 Å². The van der Waals surface area contributed by atoms with E-state index in [0.717, 1.165) is 42.4 Å². The average molecular weight is 617 g/mol. The van der Waals surface area contributed by atoms with Crippen LogP contribution in [0.15, 0.2) is 12.2 Å². The van der Waals surface area contributed by atoms with E-state index < -0.39 is 5.60 Å². The molecule has 0 aromatic carbocycles. The van der Waals surface area contributed by atoms with E-state index in [1.165, 1.54) is 167 Å². The van der Waals surface area contributed by atoms with Gasteiger partial charge in [0.05, 0.1) is 0 Å². The smallest absolute Gasteiger partial charge is 0.135 e. The summed E-state index contributed by atoms with van der Waals surface area (Å²) >= 11 is 0. The van der Waals surface area contributed by atoms with Crippen molar-refractivity contribution in [2.45, 2.75) is 199 Å². The molecule has 1 heteroatoms. The molecular weight excluding hydrogens is 544 g/mol. The first kappa shape index (κ1) is 36.7. The second-order valence-corrected chi connectivity index (χ2v) is 16.1. The summed E-state index contributed by atoms with van der Waals surface area (Å²) in [5, 5.41) is 0. The highest BCUT2D eigenvalue weighted by atomic mass is 16.5. The summed E-state index contributed by atoms with van der Waals surface area (Å²) in [4.78, 5) is 0. The van der Waals surface area contributed by atoms with E-state index in [1.54, 1.807) is 0 Å². The highest BCUT2D eigenvalue weighted by Gasteiger charge is 2.63. The zero-order valence-electron chi connectivity index (χ0n) is 30.0. The van der Waals surface area contributed by atoms with E-state index in [-0.39, 0.29) is 5.41 Å². The first-order chi connectivity index (χ1) is 22.1. The molecule has 0 aromatic heterocycles. The van der Waals surface area contributed by atoms with Gasteiger partial charge in [-0.3, -0.25) is 0 Å². The third-order valence-corrected chi connectivity index (χ3v) is 13.3. The van der Waals surface area contributed by atoms with E-state index in [0.29, 0.717) is 6.61 Å². The molecule has 1 nitrogen and oxygen atoms in total. The third-order valence-electron chi connectivity index (χ3n) is 13.3. The molecule has 4 aliphatic carbocycles. The highest BCUT2D eigenvalue weighted by molar-refractivity contribution is 5.25. The van der Waals surface area contributed by atoms with Gasteiger partial charge in [0.2, 0.25) is 0 Å². The van der Waals surface area contributed by atoms with Gasteiger partial charge >= 0.3 is 0 Å². The molecule has 3 saturated carbocycles. The molecule has 45 heavy (non-hydrogen) atoms. The maximum absolute atomic E-state index is 6.62. The Bertz CT molecular complexity index is 944. The minimum Gasteiger partial charge on any atom is -0.349 e. The minimum atomic E-state index is -0.409. The Hall–Kier alpha value is -1.18. The molecule has 0 heterocycles. The van der Waals surface area contributed by atoms with E-state index in [2.05, 4.69) is 43.8 Å². The van der Waals surface area contributed by atoms with Gasteiger partial charge in [0, 0.05) is 11.8 Å². The zero-order chi connectivity index (χ0) is 31.6. The van der Waals surface area contributed by atoms with Crippen LogP contribution < -0.4 is 0 Å². The molecule has 0 amide bonds. The van der Waals surface area contributed by atoms with Gasteiger partial charge in [0.25, 0.3) is 0 Å². The van der Waals surface area contributed by atoms with Crippen molar-refractivity contribution in [3.8, 4) is 24.2 Å². The molecule has 1 unspecified atom stereocenters. The van der Waals surface area contributed by atoms with Gasteiger partial charge in [-0.1, -0.05) is 153 Å². The van der Waals surface area contributed by atoms with E-state index in [1.807, 2.05) is 0 Å². The Labute approximate surface area is 281 Å². The van der Waals surface area contributed by atoms with Crippen LogP contribution in [0.25, 0.3) is 0 Å². The molecule has 4 aliphatic rings. The molecule has 0 aliphatic heterocycles. The van der Waals surface area contributed by atoms with Crippen molar-refractivity contribution in [3.05, 3.63) is 12.2 Å². The maximum Gasteiger partial charge on any atom is 0.135 e. The van der Waals surface area contributed by atoms with Gasteiger partial charge < -0.3 is 4.74 Å². The molecule has 0 N–H and O–H groups in total. The lowest BCUT2D eigenvalue weighted by molar-refractivity contribution is -0.122. The molecule has 4 rings (SSSR count). The number of fused-ring (bicyclic) bond motifs is 5. The predicted molar refractivity (Wildman–Crippen MR) is 195 cm³/mol. The first-order valence-electron chi connectivity index (χ1n) is 20.4. The van der Waals surface area contributed by atoms with Crippen LogP contribution in [0.3, 0.4) is 0 Å². The van der Waals surface area contributed by atoms with Crippen molar-refractivity contribution < 1.29 is 4.74 Å². The zero-order valence-corrected chi connectivity index (χ0v) is 30.0. The van der Waals surface area contributed by atoms with E-state index >= 15 is 0 Å². The summed E-state index contributed by atoms with van der Waals surface area (Å²) in [6.07, 6.45) is 49.6. The number of ether oxygens (including phenoxy) is 1. The Balaban J connectivity index is 0.986. The standard InChI is InChI=1S/C44H72O/c1-4-6-7-8-9-10-11-12-13-14-15-16-17-18-19-20-21-22-23-24-25-28-37-45-44(5-2)36-34-42-41-32-31-38-29-26-27-30-39(38)40(41)33-35-43(42,44)3/h2,26-27,38-42H,4,6-24,29-37H2,1,3H3/t38?,39-,40+,41+,42-,43-,44-/m0/s1. The Morgan fingerprint density at radius 2 is 1.20 bits per heavy atom. The summed E-state index contributed by atoms with van der Waals surface area (Å²) in [5.41, 5.74) is -0.289. The average Bonchev–Trinajstić information content (AvgIpc) is 3.37. The van der Waals surface area contributed by atoms with Gasteiger partial charge in [0.15, 0.2) is 0 Å². The molecule has 0 radical (unpaired) electrons. The normalized spacial score (nSPS) is 31.8. The van der Waals surface area contributed by atoms with Crippen LogP contribution in [0.4, 0.5) is 0 Å². The summed E-state index contributed by atoms with van der Waals surface area (Å²) < 4.78 is 6.62. The quantitative estimate of drug-likeness (QED) is 0.0708. The summed E-state index contributed by atoms with van der Waals surface area (Å²) in [6.45, 7) is 5.30. The van der Waals surface area contributed by atoms with E-state index in [9.17, 15) is 0 Å². The van der Waals surface area contributed by atoms with Crippen LogP contribution in [0.2, 0.25) is 0 Å². The minimum absolute atomic E-state index is 0.120. The molecular formula is C44H72O. The van der Waals surface area contributed by atoms with E-state index in [4.69, 9.17) is 11.2 Å². The largest absolute Gasteiger partial charge is 0.349 e. The lowest BCUT2D eigenvalue weighted by Gasteiger charge is -2.56. The van der Waals surface area contributed by atoms with Crippen molar-refractivity contribution in [1.29, 1.82) is 0 Å². The summed E-state index contributed by atoms with van der Waals surface area (Å²) in [7, 11) is 0. The molecule has 7 atom stereocenters. The number of terminal acetylenes is 1. The SMILES string of the molecule is C#C[C@]1(OCC#CCCCCCCCCCCCCCCCCCCCCC)CC[C@H]2[C@@H]3CCC4CC=CC[C@@H]4[C@H]3CC[C@@]21C. The molecule has 0 aromatic rings. The number of rotatable bonds is 21. The van der Waals surface area contributed by atoms with Crippen LogP contribution >= 0.6 is 0 Å². The van der Waals surface area contributed by atoms with Gasteiger partial charge in [-0.15, -0.1) is 12.3 Å². The Kier molecular flexibility index (Phi) is 16.5. The second-order valence-electron chi connectivity index (χ2n) is 16.1. The van der Waals surface area contributed by atoms with Crippen molar-refractivity contribution in [2.75, 3.05) is 6.61 Å². The molecule has 0 spiro atoms. The van der Waals surface area contributed by atoms with Crippen LogP contribution in [-0.2, 0) is 4.74 Å². The second kappa shape index (κ2) is 20.2. The first-order valence-corrected chi connectivity index (χ1v) is 20.4. The lowest BCUT2D eigenvalue weighted by atomic mass is 9.49. The number of hydrogen-bond acceptors (Lipinski definition) is 1. The summed E-state index contributed by atoms with van der Waals surface area (Å²) in [5.74, 6) is 14.4. The monoisotopic (exact) mass is 617 g/mol. The predicted octanol–water partition coefficient (Wildman–Crippen LogP) is 13.0. The van der Waals surface area contributed by atoms with Gasteiger partial charge in [-0.25, -0.2) is 0 Å². The lowest BCUT2D eigenvalue weighted by Crippen LogP contribution is -2.53. The maximum atomic E-state index is 6.62. The molecule has 0 bridgehead atoms. The fourth-order valence-electron chi connectivity index (χ4n) is 10.5. The van der Waals surface area contributed by atoms with Crippen molar-refractivity contribution in [2.24, 2.45) is 35.0 Å². The molecule has 3 fully saturated rings.